The Kier molecular flexibility index (Phi) is 6.25. The van der Waals surface area contributed by atoms with Crippen molar-refractivity contribution in [1.29, 1.82) is 0 Å². The summed E-state index contributed by atoms with van der Waals surface area (Å²) in [5, 5.41) is 11.0. The molecule has 1 amide bonds. The van der Waals surface area contributed by atoms with Crippen molar-refractivity contribution in [3.8, 4) is 0 Å². The van der Waals surface area contributed by atoms with E-state index in [1.807, 2.05) is 9.80 Å². The highest BCUT2D eigenvalue weighted by Crippen LogP contribution is 2.36. The van der Waals surface area contributed by atoms with Gasteiger partial charge in [-0.25, -0.2) is 4.98 Å². The van der Waals surface area contributed by atoms with Crippen LogP contribution in [-0.2, 0) is 30.5 Å². The topological polar surface area (TPSA) is 118 Å². The van der Waals surface area contributed by atoms with Crippen LogP contribution >= 0.6 is 11.3 Å². The van der Waals surface area contributed by atoms with Gasteiger partial charge in [-0.15, -0.1) is 21.5 Å². The van der Waals surface area contributed by atoms with Gasteiger partial charge < -0.3 is 25.4 Å². The van der Waals surface area contributed by atoms with Crippen LogP contribution in [0.4, 0.5) is 24.9 Å². The molecule has 3 aromatic heterocycles. The van der Waals surface area contributed by atoms with Crippen molar-refractivity contribution in [1.82, 2.24) is 30.0 Å². The van der Waals surface area contributed by atoms with Gasteiger partial charge >= 0.3 is 6.18 Å². The number of amides is 1. The predicted molar refractivity (Wildman–Crippen MR) is 125 cm³/mol. The minimum Gasteiger partial charge on any atom is -0.350 e. The van der Waals surface area contributed by atoms with Gasteiger partial charge in [0.25, 0.3) is 0 Å². The van der Waals surface area contributed by atoms with Gasteiger partial charge in [-0.2, -0.15) is 18.2 Å². The first-order valence-electron chi connectivity index (χ1n) is 11.6. The summed E-state index contributed by atoms with van der Waals surface area (Å²) in [7, 11) is 0. The van der Waals surface area contributed by atoms with E-state index >= 15 is 0 Å². The minimum atomic E-state index is -4.54. The SMILES string of the molecule is CCCc1cc2c(N3CCn4c(nnc4C(F)(F)F)C3)nc(N3CCC(NC(=O)CN)C3)nc2s1. The third-order valence-corrected chi connectivity index (χ3v) is 7.32. The maximum Gasteiger partial charge on any atom is 0.451 e. The molecule has 0 saturated carbocycles. The van der Waals surface area contributed by atoms with Crippen molar-refractivity contribution in [2.75, 3.05) is 36.0 Å². The zero-order chi connectivity index (χ0) is 24.7. The van der Waals surface area contributed by atoms with Gasteiger partial charge in [-0.05, 0) is 18.9 Å². The number of nitrogens with zero attached hydrogens (tertiary/aromatic N) is 7. The van der Waals surface area contributed by atoms with E-state index in [-0.39, 0.29) is 37.4 Å². The second-order valence-electron chi connectivity index (χ2n) is 8.74. The third-order valence-electron chi connectivity index (χ3n) is 6.24. The molecule has 14 heteroatoms. The molecule has 188 valence electrons. The molecule has 0 radical (unpaired) electrons. The van der Waals surface area contributed by atoms with Crippen LogP contribution in [0, 0.1) is 0 Å². The zero-order valence-corrected chi connectivity index (χ0v) is 20.0. The molecule has 1 atom stereocenters. The quantitative estimate of drug-likeness (QED) is 0.518. The summed E-state index contributed by atoms with van der Waals surface area (Å²) in [4.78, 5) is 27.4. The van der Waals surface area contributed by atoms with Gasteiger partial charge in [0.15, 0.2) is 5.82 Å². The second kappa shape index (κ2) is 9.22. The van der Waals surface area contributed by atoms with E-state index in [0.29, 0.717) is 31.4 Å². The molecule has 2 aliphatic rings. The number of anilines is 2. The Morgan fingerprint density at radius 3 is 2.80 bits per heavy atom. The number of hydrogen-bond donors (Lipinski definition) is 2. The number of halogens is 3. The van der Waals surface area contributed by atoms with Crippen molar-refractivity contribution >= 4 is 39.2 Å². The molecular weight excluding hydrogens is 483 g/mol. The molecule has 35 heavy (non-hydrogen) atoms. The third kappa shape index (κ3) is 4.63. The molecule has 3 N–H and O–H groups in total. The highest BCUT2D eigenvalue weighted by molar-refractivity contribution is 7.18. The second-order valence-corrected chi connectivity index (χ2v) is 9.86. The van der Waals surface area contributed by atoms with Gasteiger partial charge in [0, 0.05) is 37.1 Å². The first-order chi connectivity index (χ1) is 16.8. The molecule has 0 aromatic carbocycles. The fourth-order valence-electron chi connectivity index (χ4n) is 4.59. The minimum absolute atomic E-state index is 0.0397. The van der Waals surface area contributed by atoms with Crippen LogP contribution in [0.15, 0.2) is 6.07 Å². The van der Waals surface area contributed by atoms with Crippen LogP contribution in [-0.4, -0.2) is 62.9 Å². The number of nitrogens with two attached hydrogens (primary N) is 1. The number of hydrogen-bond acceptors (Lipinski definition) is 9. The molecule has 5 heterocycles. The van der Waals surface area contributed by atoms with Gasteiger partial charge in [0.05, 0.1) is 18.5 Å². The molecule has 5 rings (SSSR count). The van der Waals surface area contributed by atoms with E-state index in [2.05, 4.69) is 28.5 Å². The molecule has 1 saturated heterocycles. The molecule has 0 spiro atoms. The lowest BCUT2D eigenvalue weighted by Crippen LogP contribution is -2.40. The summed E-state index contributed by atoms with van der Waals surface area (Å²) >= 11 is 1.61. The normalized spacial score (nSPS) is 18.4. The van der Waals surface area contributed by atoms with Gasteiger partial charge in [-0.1, -0.05) is 13.3 Å². The van der Waals surface area contributed by atoms with Gasteiger partial charge in [0.2, 0.25) is 17.7 Å². The van der Waals surface area contributed by atoms with Crippen LogP contribution in [0.5, 0.6) is 0 Å². The van der Waals surface area contributed by atoms with Crippen LogP contribution in [0.2, 0.25) is 0 Å². The highest BCUT2D eigenvalue weighted by Gasteiger charge is 2.40. The number of aryl methyl sites for hydroxylation is 1. The first-order valence-corrected chi connectivity index (χ1v) is 12.4. The Bertz CT molecular complexity index is 1240. The molecule has 1 unspecified atom stereocenters. The Labute approximate surface area is 203 Å². The molecule has 0 aliphatic carbocycles. The Morgan fingerprint density at radius 1 is 1.23 bits per heavy atom. The molecular formula is C21H26F3N9OS. The zero-order valence-electron chi connectivity index (χ0n) is 19.2. The summed E-state index contributed by atoms with van der Waals surface area (Å²) < 4.78 is 41.0. The number of aromatic nitrogens is 5. The lowest BCUT2D eigenvalue weighted by Gasteiger charge is -2.30. The number of thiophene rings is 1. The van der Waals surface area contributed by atoms with Crippen molar-refractivity contribution in [2.45, 2.75) is 51.5 Å². The van der Waals surface area contributed by atoms with Crippen LogP contribution in [0.25, 0.3) is 10.2 Å². The summed E-state index contributed by atoms with van der Waals surface area (Å²) in [6.07, 6.45) is -1.89. The predicted octanol–water partition coefficient (Wildman–Crippen LogP) is 1.93. The van der Waals surface area contributed by atoms with E-state index in [1.54, 1.807) is 11.3 Å². The van der Waals surface area contributed by atoms with Crippen molar-refractivity contribution in [2.24, 2.45) is 5.73 Å². The van der Waals surface area contributed by atoms with E-state index in [4.69, 9.17) is 15.7 Å². The largest absolute Gasteiger partial charge is 0.451 e. The van der Waals surface area contributed by atoms with Gasteiger partial charge in [-0.3, -0.25) is 4.79 Å². The maximum atomic E-state index is 13.3. The van der Waals surface area contributed by atoms with Crippen molar-refractivity contribution in [3.05, 3.63) is 22.6 Å². The van der Waals surface area contributed by atoms with Crippen molar-refractivity contribution < 1.29 is 18.0 Å². The molecule has 10 nitrogen and oxygen atoms in total. The number of alkyl halides is 3. The summed E-state index contributed by atoms with van der Waals surface area (Å²) in [5.41, 5.74) is 5.42. The van der Waals surface area contributed by atoms with Crippen LogP contribution in [0.3, 0.4) is 0 Å². The first kappa shape index (κ1) is 23.7. The Balaban J connectivity index is 1.47. The number of fused-ring (bicyclic) bond motifs is 2. The van der Waals surface area contributed by atoms with E-state index in [9.17, 15) is 18.0 Å². The van der Waals surface area contributed by atoms with Crippen LogP contribution in [0.1, 0.15) is 36.3 Å². The highest BCUT2D eigenvalue weighted by atomic mass is 32.1. The lowest BCUT2D eigenvalue weighted by atomic mass is 10.2. The monoisotopic (exact) mass is 509 g/mol. The molecule has 2 aliphatic heterocycles. The lowest BCUT2D eigenvalue weighted by molar-refractivity contribution is -0.147. The molecule has 3 aromatic rings. The Morgan fingerprint density at radius 2 is 2.06 bits per heavy atom. The van der Waals surface area contributed by atoms with Crippen LogP contribution < -0.4 is 20.9 Å². The van der Waals surface area contributed by atoms with E-state index in [1.165, 1.54) is 4.88 Å². The summed E-state index contributed by atoms with van der Waals surface area (Å²) in [5.74, 6) is 0.313. The van der Waals surface area contributed by atoms with E-state index < -0.39 is 12.0 Å². The van der Waals surface area contributed by atoms with E-state index in [0.717, 1.165) is 34.0 Å². The fraction of sp³-hybridized carbons (Fsp3) is 0.571. The van der Waals surface area contributed by atoms with Crippen molar-refractivity contribution in [3.63, 3.8) is 0 Å². The number of nitrogens with one attached hydrogen (secondary N) is 1. The smallest absolute Gasteiger partial charge is 0.350 e. The summed E-state index contributed by atoms with van der Waals surface area (Å²) in [6, 6.07) is 2.04. The number of rotatable bonds is 6. The molecule has 0 bridgehead atoms. The Hall–Kier alpha value is -3.00. The number of carbonyl (C=O) groups excluding carboxylic acids is 1. The maximum absolute atomic E-state index is 13.3. The summed E-state index contributed by atoms with van der Waals surface area (Å²) in [6.45, 7) is 3.91. The average molecular weight is 510 g/mol. The van der Waals surface area contributed by atoms with Gasteiger partial charge in [0.1, 0.15) is 10.6 Å². The fourth-order valence-corrected chi connectivity index (χ4v) is 5.71. The average Bonchev–Trinajstić information content (AvgIpc) is 3.55. The standard InChI is InChI=1S/C21H26F3N9OS/c1-2-3-13-8-14-17(31-6-7-33-15(11-31)29-30-19(33)21(22,23)24)27-20(28-18(14)35-13)32-5-4-12(10-32)26-16(34)9-25/h8,12H,2-7,9-11,25H2,1H3,(H,26,34). The number of carbonyl (C=O) groups is 1. The molecule has 1 fully saturated rings.